The molecule has 1 aliphatic heterocycles. The molecule has 3 rings (SSSR count). The molecule has 1 aliphatic rings. The molecule has 140 valence electrons. The standard InChI is InChI=1S/C18H26N6OS/c1-13(2)17-21-18(26-22-17)23-7-4-5-16(6-8-23)24(14(3)25)11-15-9-19-12-20-10-15/h9-10,12-13,16H,4-8,11H2,1-3H3. The minimum absolute atomic E-state index is 0.102. The van der Waals surface area contributed by atoms with Gasteiger partial charge in [-0.3, -0.25) is 4.79 Å². The Bertz CT molecular complexity index is 719. The van der Waals surface area contributed by atoms with E-state index >= 15 is 0 Å². The number of carbonyl (C=O) groups is 1. The molecule has 8 heteroatoms. The molecule has 0 aliphatic carbocycles. The minimum atomic E-state index is 0.102. The van der Waals surface area contributed by atoms with E-state index in [9.17, 15) is 4.79 Å². The summed E-state index contributed by atoms with van der Waals surface area (Å²) in [5.74, 6) is 1.37. The van der Waals surface area contributed by atoms with Crippen molar-refractivity contribution in [3.8, 4) is 0 Å². The first-order valence-electron chi connectivity index (χ1n) is 9.14. The zero-order valence-electron chi connectivity index (χ0n) is 15.6. The maximum absolute atomic E-state index is 12.2. The third-order valence-corrected chi connectivity index (χ3v) is 5.52. The van der Waals surface area contributed by atoms with Crippen LogP contribution < -0.4 is 4.90 Å². The molecule has 0 N–H and O–H groups in total. The van der Waals surface area contributed by atoms with Crippen LogP contribution in [0.15, 0.2) is 18.7 Å². The van der Waals surface area contributed by atoms with E-state index in [1.807, 2.05) is 4.90 Å². The number of carbonyl (C=O) groups excluding carboxylic acids is 1. The molecule has 1 fully saturated rings. The van der Waals surface area contributed by atoms with Crippen LogP contribution in [0.3, 0.4) is 0 Å². The first-order chi connectivity index (χ1) is 12.5. The quantitative estimate of drug-likeness (QED) is 0.801. The second-order valence-electron chi connectivity index (χ2n) is 7.06. The third-order valence-electron chi connectivity index (χ3n) is 4.73. The number of anilines is 1. The molecule has 26 heavy (non-hydrogen) atoms. The van der Waals surface area contributed by atoms with E-state index in [4.69, 9.17) is 0 Å². The molecule has 2 aromatic rings. The summed E-state index contributed by atoms with van der Waals surface area (Å²) in [5.41, 5.74) is 0.967. The van der Waals surface area contributed by atoms with Crippen LogP contribution >= 0.6 is 11.5 Å². The van der Waals surface area contributed by atoms with Gasteiger partial charge in [-0.25, -0.2) is 15.0 Å². The number of hydrogen-bond acceptors (Lipinski definition) is 7. The van der Waals surface area contributed by atoms with Crippen molar-refractivity contribution in [2.45, 2.75) is 58.5 Å². The van der Waals surface area contributed by atoms with Crippen LogP contribution in [0.1, 0.15) is 57.3 Å². The summed E-state index contributed by atoms with van der Waals surface area (Å²) >= 11 is 1.48. The highest BCUT2D eigenvalue weighted by Crippen LogP contribution is 2.26. The predicted octanol–water partition coefficient (Wildman–Crippen LogP) is 2.86. The highest BCUT2D eigenvalue weighted by molar-refractivity contribution is 7.09. The number of rotatable bonds is 5. The summed E-state index contributed by atoms with van der Waals surface area (Å²) in [6.07, 6.45) is 8.04. The van der Waals surface area contributed by atoms with E-state index in [0.29, 0.717) is 12.5 Å². The van der Waals surface area contributed by atoms with Crippen LogP contribution in [0.5, 0.6) is 0 Å². The molecule has 0 radical (unpaired) electrons. The molecule has 1 saturated heterocycles. The fraction of sp³-hybridized carbons (Fsp3) is 0.611. The van der Waals surface area contributed by atoms with Crippen molar-refractivity contribution in [1.29, 1.82) is 0 Å². The molecule has 0 aromatic carbocycles. The second kappa shape index (κ2) is 8.53. The number of nitrogens with zero attached hydrogens (tertiary/aromatic N) is 6. The van der Waals surface area contributed by atoms with Crippen LogP contribution in [0, 0.1) is 0 Å². The lowest BCUT2D eigenvalue weighted by molar-refractivity contribution is -0.132. The van der Waals surface area contributed by atoms with E-state index in [0.717, 1.165) is 48.9 Å². The molecule has 1 atom stereocenters. The lowest BCUT2D eigenvalue weighted by Gasteiger charge is -2.30. The molecule has 0 spiro atoms. The van der Waals surface area contributed by atoms with E-state index < -0.39 is 0 Å². The SMILES string of the molecule is CC(=O)N(Cc1cncnc1)C1CCCN(c2nc(C(C)C)ns2)CC1. The van der Waals surface area contributed by atoms with E-state index in [-0.39, 0.29) is 11.9 Å². The van der Waals surface area contributed by atoms with Crippen molar-refractivity contribution in [1.82, 2.24) is 24.2 Å². The van der Waals surface area contributed by atoms with Gasteiger partial charge in [0.05, 0.1) is 0 Å². The zero-order valence-corrected chi connectivity index (χ0v) is 16.4. The smallest absolute Gasteiger partial charge is 0.219 e. The van der Waals surface area contributed by atoms with Gasteiger partial charge in [0, 0.05) is 68.0 Å². The van der Waals surface area contributed by atoms with Crippen LogP contribution in [-0.4, -0.2) is 49.3 Å². The molecule has 7 nitrogen and oxygen atoms in total. The molecule has 0 saturated carbocycles. The average Bonchev–Trinajstić information content (AvgIpc) is 3.00. The lowest BCUT2D eigenvalue weighted by atomic mass is 10.1. The largest absolute Gasteiger partial charge is 0.347 e. The third kappa shape index (κ3) is 4.55. The van der Waals surface area contributed by atoms with Gasteiger partial charge in [0.1, 0.15) is 12.2 Å². The normalized spacial score (nSPS) is 18.0. The summed E-state index contributed by atoms with van der Waals surface area (Å²) < 4.78 is 4.47. The van der Waals surface area contributed by atoms with Gasteiger partial charge < -0.3 is 9.80 Å². The summed E-state index contributed by atoms with van der Waals surface area (Å²) in [5, 5.41) is 1.00. The van der Waals surface area contributed by atoms with Crippen LogP contribution in [0.25, 0.3) is 0 Å². The fourth-order valence-corrected chi connectivity index (χ4v) is 4.14. The van der Waals surface area contributed by atoms with Crippen molar-refractivity contribution < 1.29 is 4.79 Å². The Morgan fingerprint density at radius 1 is 1.31 bits per heavy atom. The van der Waals surface area contributed by atoms with Crippen molar-refractivity contribution in [3.63, 3.8) is 0 Å². The molecule has 3 heterocycles. The molecule has 2 aromatic heterocycles. The van der Waals surface area contributed by atoms with Gasteiger partial charge in [-0.15, -0.1) is 0 Å². The fourth-order valence-electron chi connectivity index (χ4n) is 3.28. The first kappa shape index (κ1) is 18.7. The average molecular weight is 375 g/mol. The van der Waals surface area contributed by atoms with Gasteiger partial charge in [-0.2, -0.15) is 4.37 Å². The van der Waals surface area contributed by atoms with Gasteiger partial charge in [0.25, 0.3) is 0 Å². The predicted molar refractivity (Wildman–Crippen MR) is 102 cm³/mol. The van der Waals surface area contributed by atoms with Gasteiger partial charge in [-0.1, -0.05) is 13.8 Å². The Labute approximate surface area is 158 Å². The van der Waals surface area contributed by atoms with Crippen molar-refractivity contribution in [3.05, 3.63) is 30.1 Å². The second-order valence-corrected chi connectivity index (χ2v) is 7.79. The zero-order chi connectivity index (χ0) is 18.5. The van der Waals surface area contributed by atoms with Crippen molar-refractivity contribution >= 4 is 22.6 Å². The van der Waals surface area contributed by atoms with E-state index in [2.05, 4.69) is 38.1 Å². The van der Waals surface area contributed by atoms with Crippen molar-refractivity contribution in [2.75, 3.05) is 18.0 Å². The maximum Gasteiger partial charge on any atom is 0.219 e. The highest BCUT2D eigenvalue weighted by Gasteiger charge is 2.26. The van der Waals surface area contributed by atoms with E-state index in [1.54, 1.807) is 19.3 Å². The van der Waals surface area contributed by atoms with Crippen LogP contribution in [0.4, 0.5) is 5.13 Å². The summed E-state index contributed by atoms with van der Waals surface area (Å²) in [6.45, 7) is 8.30. The molecular formula is C18H26N6OS. The molecule has 1 amide bonds. The topological polar surface area (TPSA) is 75.1 Å². The Kier molecular flexibility index (Phi) is 6.13. The summed E-state index contributed by atoms with van der Waals surface area (Å²) in [4.78, 5) is 29.3. The molecule has 1 unspecified atom stereocenters. The minimum Gasteiger partial charge on any atom is -0.347 e. The Morgan fingerprint density at radius 2 is 2.08 bits per heavy atom. The van der Waals surface area contributed by atoms with Gasteiger partial charge >= 0.3 is 0 Å². The lowest BCUT2D eigenvalue weighted by Crippen LogP contribution is -2.39. The maximum atomic E-state index is 12.2. The number of amides is 1. The summed E-state index contributed by atoms with van der Waals surface area (Å²) in [7, 11) is 0. The molecular weight excluding hydrogens is 348 g/mol. The van der Waals surface area contributed by atoms with Crippen molar-refractivity contribution in [2.24, 2.45) is 0 Å². The monoisotopic (exact) mass is 374 g/mol. The number of hydrogen-bond donors (Lipinski definition) is 0. The van der Waals surface area contributed by atoms with Crippen LogP contribution in [0.2, 0.25) is 0 Å². The van der Waals surface area contributed by atoms with Gasteiger partial charge in [0.2, 0.25) is 11.0 Å². The Hall–Kier alpha value is -2.09. The van der Waals surface area contributed by atoms with Crippen LogP contribution in [-0.2, 0) is 11.3 Å². The van der Waals surface area contributed by atoms with Gasteiger partial charge in [0.15, 0.2) is 0 Å². The summed E-state index contributed by atoms with van der Waals surface area (Å²) in [6, 6.07) is 0.232. The van der Waals surface area contributed by atoms with E-state index in [1.165, 1.54) is 17.9 Å². The van der Waals surface area contributed by atoms with Gasteiger partial charge in [-0.05, 0) is 19.3 Å². The highest BCUT2D eigenvalue weighted by atomic mass is 32.1. The molecule has 0 bridgehead atoms. The number of aromatic nitrogens is 4. The Morgan fingerprint density at radius 3 is 2.73 bits per heavy atom. The Balaban J connectivity index is 1.66. The first-order valence-corrected chi connectivity index (χ1v) is 9.91.